The molecule has 0 aliphatic rings. The second-order valence-electron chi connectivity index (χ2n) is 5.94. The van der Waals surface area contributed by atoms with Crippen LogP contribution in [0.25, 0.3) is 0 Å². The van der Waals surface area contributed by atoms with Gasteiger partial charge in [0.1, 0.15) is 11.5 Å². The summed E-state index contributed by atoms with van der Waals surface area (Å²) in [6.07, 6.45) is 1.18. The zero-order valence-electron chi connectivity index (χ0n) is 17.0. The minimum Gasteiger partial charge on any atom is -0.497 e. The summed E-state index contributed by atoms with van der Waals surface area (Å²) in [5.74, 6) is 2.49. The predicted molar refractivity (Wildman–Crippen MR) is 120 cm³/mol. The molecule has 0 bridgehead atoms. The Hall–Kier alpha value is -1.22. The van der Waals surface area contributed by atoms with Crippen LogP contribution in [0.1, 0.15) is 25.8 Å². The Morgan fingerprint density at radius 1 is 1.15 bits per heavy atom. The molecule has 0 unspecified atom stereocenters. The second kappa shape index (κ2) is 13.9. The summed E-state index contributed by atoms with van der Waals surface area (Å²) in [4.78, 5) is 8.92. The summed E-state index contributed by atoms with van der Waals surface area (Å²) in [5, 5.41) is 3.44. The Morgan fingerprint density at radius 3 is 2.42 bits per heavy atom. The van der Waals surface area contributed by atoms with Crippen molar-refractivity contribution in [2.45, 2.75) is 26.8 Å². The van der Waals surface area contributed by atoms with E-state index < -0.39 is 0 Å². The van der Waals surface area contributed by atoms with Crippen molar-refractivity contribution in [3.8, 4) is 11.5 Å². The molecule has 1 aromatic rings. The third-order valence-electron chi connectivity index (χ3n) is 4.17. The van der Waals surface area contributed by atoms with Gasteiger partial charge in [0, 0.05) is 45.4 Å². The van der Waals surface area contributed by atoms with Gasteiger partial charge in [-0.25, -0.2) is 0 Å². The first-order valence-electron chi connectivity index (χ1n) is 8.94. The fourth-order valence-electron chi connectivity index (χ4n) is 2.77. The number of methoxy groups -OCH3 is 2. The van der Waals surface area contributed by atoms with Gasteiger partial charge < -0.3 is 24.6 Å². The van der Waals surface area contributed by atoms with Crippen molar-refractivity contribution in [1.82, 2.24) is 15.1 Å². The number of nitrogens with one attached hydrogen (secondary N) is 1. The van der Waals surface area contributed by atoms with Crippen molar-refractivity contribution in [2.24, 2.45) is 4.99 Å². The van der Waals surface area contributed by atoms with Gasteiger partial charge in [-0.05, 0) is 31.6 Å². The van der Waals surface area contributed by atoms with Crippen LogP contribution in [0, 0.1) is 0 Å². The number of ether oxygens (including phenoxy) is 2. The Morgan fingerprint density at radius 2 is 1.88 bits per heavy atom. The monoisotopic (exact) mass is 478 g/mol. The van der Waals surface area contributed by atoms with Gasteiger partial charge in [0.15, 0.2) is 5.96 Å². The number of nitrogens with zero attached hydrogens (tertiary/aromatic N) is 3. The maximum absolute atomic E-state index is 5.48. The van der Waals surface area contributed by atoms with Crippen molar-refractivity contribution in [3.05, 3.63) is 23.8 Å². The van der Waals surface area contributed by atoms with Gasteiger partial charge in [0.25, 0.3) is 0 Å². The van der Waals surface area contributed by atoms with E-state index >= 15 is 0 Å². The molecule has 0 saturated carbocycles. The van der Waals surface area contributed by atoms with Gasteiger partial charge in [-0.3, -0.25) is 4.99 Å². The molecule has 0 aliphatic heterocycles. The molecule has 0 heterocycles. The Labute approximate surface area is 176 Å². The number of hydrogen-bond acceptors (Lipinski definition) is 4. The van der Waals surface area contributed by atoms with Crippen LogP contribution in [0.2, 0.25) is 0 Å². The van der Waals surface area contributed by atoms with E-state index in [4.69, 9.17) is 9.47 Å². The highest BCUT2D eigenvalue weighted by atomic mass is 127. The van der Waals surface area contributed by atoms with E-state index in [1.54, 1.807) is 14.2 Å². The van der Waals surface area contributed by atoms with Gasteiger partial charge in [-0.15, -0.1) is 24.0 Å². The summed E-state index contributed by atoms with van der Waals surface area (Å²) in [6.45, 7) is 9.23. The molecule has 0 spiro atoms. The van der Waals surface area contributed by atoms with Crippen LogP contribution in [-0.2, 0) is 6.54 Å². The minimum atomic E-state index is 0. The largest absolute Gasteiger partial charge is 0.497 e. The average Bonchev–Trinajstić information content (AvgIpc) is 2.64. The van der Waals surface area contributed by atoms with Gasteiger partial charge >= 0.3 is 0 Å². The first kappa shape index (κ1) is 24.8. The zero-order valence-corrected chi connectivity index (χ0v) is 19.4. The maximum Gasteiger partial charge on any atom is 0.193 e. The van der Waals surface area contributed by atoms with Crippen LogP contribution in [0.3, 0.4) is 0 Å². The first-order valence-corrected chi connectivity index (χ1v) is 8.94. The predicted octanol–water partition coefficient (Wildman–Crippen LogP) is 3.06. The molecular weight excluding hydrogens is 443 g/mol. The summed E-state index contributed by atoms with van der Waals surface area (Å²) >= 11 is 0. The van der Waals surface area contributed by atoms with Crippen molar-refractivity contribution < 1.29 is 9.47 Å². The Balaban J connectivity index is 0.00000625. The van der Waals surface area contributed by atoms with Gasteiger partial charge in [-0.1, -0.05) is 13.8 Å². The molecule has 1 rings (SSSR count). The minimum absolute atomic E-state index is 0. The SMILES string of the molecule is CCCN(CC)CCNC(=NC)N(C)Cc1ccc(OC)cc1OC.I. The molecule has 0 aromatic heterocycles. The van der Waals surface area contributed by atoms with Crippen molar-refractivity contribution in [3.63, 3.8) is 0 Å². The lowest BCUT2D eigenvalue weighted by molar-refractivity contribution is 0.291. The lowest BCUT2D eigenvalue weighted by Gasteiger charge is -2.25. The quantitative estimate of drug-likeness (QED) is 0.318. The van der Waals surface area contributed by atoms with E-state index in [0.717, 1.165) is 49.2 Å². The van der Waals surface area contributed by atoms with E-state index in [1.165, 1.54) is 6.42 Å². The maximum atomic E-state index is 5.48. The fraction of sp³-hybridized carbons (Fsp3) is 0.632. The number of likely N-dealkylation sites (N-methyl/N-ethyl adjacent to an activating group) is 1. The van der Waals surface area contributed by atoms with E-state index in [1.807, 2.05) is 32.3 Å². The highest BCUT2D eigenvalue weighted by Crippen LogP contribution is 2.25. The van der Waals surface area contributed by atoms with Crippen molar-refractivity contribution in [1.29, 1.82) is 0 Å². The fourth-order valence-corrected chi connectivity index (χ4v) is 2.77. The van der Waals surface area contributed by atoms with Crippen LogP contribution >= 0.6 is 24.0 Å². The number of aliphatic imine (C=N–C) groups is 1. The molecule has 26 heavy (non-hydrogen) atoms. The third-order valence-corrected chi connectivity index (χ3v) is 4.17. The van der Waals surface area contributed by atoms with Crippen molar-refractivity contribution in [2.75, 3.05) is 54.5 Å². The molecular formula is C19H35IN4O2. The molecule has 1 N–H and O–H groups in total. The van der Waals surface area contributed by atoms with Crippen LogP contribution in [0.4, 0.5) is 0 Å². The molecule has 150 valence electrons. The topological polar surface area (TPSA) is 49.3 Å². The van der Waals surface area contributed by atoms with Crippen molar-refractivity contribution >= 4 is 29.9 Å². The van der Waals surface area contributed by atoms with Gasteiger partial charge in [0.05, 0.1) is 14.2 Å². The average molecular weight is 478 g/mol. The summed E-state index contributed by atoms with van der Waals surface area (Å²) in [6, 6.07) is 5.89. The standard InChI is InChI=1S/C19H34N4O2.HI/c1-7-12-23(8-2)13-11-21-19(20-3)22(4)15-16-9-10-17(24-5)14-18(16)25-6;/h9-10,14H,7-8,11-13,15H2,1-6H3,(H,20,21);1H. The number of benzene rings is 1. The highest BCUT2D eigenvalue weighted by Gasteiger charge is 2.11. The molecule has 0 aliphatic carbocycles. The summed E-state index contributed by atoms with van der Waals surface area (Å²) in [5.41, 5.74) is 1.09. The normalized spacial score (nSPS) is 11.1. The molecule has 0 fully saturated rings. The second-order valence-corrected chi connectivity index (χ2v) is 5.94. The molecule has 6 nitrogen and oxygen atoms in total. The lowest BCUT2D eigenvalue weighted by Crippen LogP contribution is -2.42. The molecule has 1 aromatic carbocycles. The molecule has 7 heteroatoms. The van der Waals surface area contributed by atoms with Crippen LogP contribution in [-0.4, -0.2) is 70.3 Å². The van der Waals surface area contributed by atoms with Gasteiger partial charge in [0.2, 0.25) is 0 Å². The molecule has 0 amide bonds. The Kier molecular flexibility index (Phi) is 13.3. The van der Waals surface area contributed by atoms with Crippen LogP contribution in [0.5, 0.6) is 11.5 Å². The number of hydrogen-bond donors (Lipinski definition) is 1. The molecule has 0 radical (unpaired) electrons. The smallest absolute Gasteiger partial charge is 0.193 e. The lowest BCUT2D eigenvalue weighted by atomic mass is 10.2. The van der Waals surface area contributed by atoms with Gasteiger partial charge in [-0.2, -0.15) is 0 Å². The summed E-state index contributed by atoms with van der Waals surface area (Å²) < 4.78 is 10.7. The van der Waals surface area contributed by atoms with E-state index in [-0.39, 0.29) is 24.0 Å². The van der Waals surface area contributed by atoms with Crippen LogP contribution < -0.4 is 14.8 Å². The van der Waals surface area contributed by atoms with E-state index in [2.05, 4.69) is 34.0 Å². The highest BCUT2D eigenvalue weighted by molar-refractivity contribution is 14.0. The Bertz CT molecular complexity index is 540. The van der Waals surface area contributed by atoms with E-state index in [0.29, 0.717) is 6.54 Å². The number of rotatable bonds is 10. The zero-order chi connectivity index (χ0) is 18.7. The van der Waals surface area contributed by atoms with E-state index in [9.17, 15) is 0 Å². The summed E-state index contributed by atoms with van der Waals surface area (Å²) in [7, 11) is 7.18. The number of halogens is 1. The molecule has 0 atom stereocenters. The first-order chi connectivity index (χ1) is 12.1. The van der Waals surface area contributed by atoms with Crippen LogP contribution in [0.15, 0.2) is 23.2 Å². The molecule has 0 saturated heterocycles. The number of guanidine groups is 1. The third kappa shape index (κ3) is 7.99.